The number of aromatic nitrogens is 1. The molecule has 0 saturated carbocycles. The van der Waals surface area contributed by atoms with Crippen molar-refractivity contribution in [3.8, 4) is 11.9 Å². The van der Waals surface area contributed by atoms with Gasteiger partial charge >= 0.3 is 0 Å². The highest BCUT2D eigenvalue weighted by Crippen LogP contribution is 2.13. The highest BCUT2D eigenvalue weighted by molar-refractivity contribution is 7.96. The standard InChI is InChI=1S/C14H14N4OS/c1-20-17(10-15)11-16-12-5-7-13(8-6-12)18-9-3-2-4-14(18)19/h2-9,16H,11H2,1H3. The third-order valence-corrected chi connectivity index (χ3v) is 3.38. The molecule has 2 aromatic rings. The van der Waals surface area contributed by atoms with Crippen LogP contribution in [0.15, 0.2) is 53.5 Å². The lowest BCUT2D eigenvalue weighted by atomic mass is 10.2. The number of hydrogen-bond acceptors (Lipinski definition) is 5. The van der Waals surface area contributed by atoms with Gasteiger partial charge in [-0.2, -0.15) is 5.26 Å². The van der Waals surface area contributed by atoms with Gasteiger partial charge < -0.3 is 5.32 Å². The number of hydrogen-bond donors (Lipinski definition) is 1. The zero-order valence-corrected chi connectivity index (χ0v) is 11.8. The Balaban J connectivity index is 2.10. The Bertz CT molecular complexity index is 660. The van der Waals surface area contributed by atoms with Crippen molar-refractivity contribution in [3.05, 3.63) is 59.0 Å². The molecule has 0 spiro atoms. The van der Waals surface area contributed by atoms with Crippen LogP contribution in [0.25, 0.3) is 5.69 Å². The van der Waals surface area contributed by atoms with Crippen molar-refractivity contribution in [2.24, 2.45) is 0 Å². The van der Waals surface area contributed by atoms with Crippen LogP contribution in [0.1, 0.15) is 0 Å². The van der Waals surface area contributed by atoms with Gasteiger partial charge in [0.15, 0.2) is 6.19 Å². The molecule has 2 rings (SSSR count). The minimum atomic E-state index is -0.0637. The van der Waals surface area contributed by atoms with E-state index < -0.39 is 0 Å². The van der Waals surface area contributed by atoms with Gasteiger partial charge in [0.2, 0.25) is 0 Å². The maximum atomic E-state index is 11.7. The van der Waals surface area contributed by atoms with Gasteiger partial charge in [-0.25, -0.2) is 4.31 Å². The van der Waals surface area contributed by atoms with Gasteiger partial charge in [-0.05, 0) is 42.3 Å². The van der Waals surface area contributed by atoms with Gasteiger partial charge in [-0.15, -0.1) is 0 Å². The van der Waals surface area contributed by atoms with E-state index in [0.717, 1.165) is 11.4 Å². The van der Waals surface area contributed by atoms with Crippen LogP contribution in [0.5, 0.6) is 0 Å². The van der Waals surface area contributed by atoms with Gasteiger partial charge in [-0.3, -0.25) is 9.36 Å². The highest BCUT2D eigenvalue weighted by Gasteiger charge is 2.01. The third-order valence-electron chi connectivity index (χ3n) is 2.73. The third kappa shape index (κ3) is 3.33. The van der Waals surface area contributed by atoms with Crippen molar-refractivity contribution in [2.45, 2.75) is 0 Å². The van der Waals surface area contributed by atoms with Gasteiger partial charge in [-0.1, -0.05) is 6.07 Å². The molecule has 6 heteroatoms. The first kappa shape index (κ1) is 14.0. The van der Waals surface area contributed by atoms with Crippen molar-refractivity contribution < 1.29 is 0 Å². The van der Waals surface area contributed by atoms with Crippen LogP contribution >= 0.6 is 11.9 Å². The van der Waals surface area contributed by atoms with Crippen molar-refractivity contribution >= 4 is 17.6 Å². The maximum absolute atomic E-state index is 11.7. The number of nitriles is 1. The van der Waals surface area contributed by atoms with Crippen LogP contribution < -0.4 is 10.9 Å². The second kappa shape index (κ2) is 6.68. The lowest BCUT2D eigenvalue weighted by Crippen LogP contribution is -2.18. The van der Waals surface area contributed by atoms with Crippen molar-refractivity contribution in [2.75, 3.05) is 18.2 Å². The lowest BCUT2D eigenvalue weighted by molar-refractivity contribution is 0.691. The lowest BCUT2D eigenvalue weighted by Gasteiger charge is -2.13. The summed E-state index contributed by atoms with van der Waals surface area (Å²) in [7, 11) is 0. The second-order valence-electron chi connectivity index (χ2n) is 3.95. The molecule has 0 fully saturated rings. The summed E-state index contributed by atoms with van der Waals surface area (Å²) >= 11 is 1.36. The van der Waals surface area contributed by atoms with E-state index in [1.165, 1.54) is 22.3 Å². The topological polar surface area (TPSA) is 61.1 Å². The first-order valence-corrected chi connectivity index (χ1v) is 7.16. The normalized spacial score (nSPS) is 9.80. The first-order valence-electron chi connectivity index (χ1n) is 5.98. The monoisotopic (exact) mass is 286 g/mol. The van der Waals surface area contributed by atoms with Gasteiger partial charge in [0.1, 0.15) is 6.67 Å². The van der Waals surface area contributed by atoms with Gasteiger partial charge in [0.05, 0.1) is 0 Å². The molecule has 0 saturated heterocycles. The zero-order chi connectivity index (χ0) is 14.4. The van der Waals surface area contributed by atoms with Crippen LogP contribution in [0.3, 0.4) is 0 Å². The molecule has 1 N–H and O–H groups in total. The SMILES string of the molecule is CSN(C#N)CNc1ccc(-n2ccccc2=O)cc1. The molecule has 0 bridgehead atoms. The molecular formula is C14H14N4OS. The van der Waals surface area contributed by atoms with Crippen molar-refractivity contribution in [1.29, 1.82) is 5.26 Å². The number of rotatable bonds is 5. The number of nitrogens with zero attached hydrogens (tertiary/aromatic N) is 3. The molecule has 0 atom stereocenters. The fraction of sp³-hybridized carbons (Fsp3) is 0.143. The van der Waals surface area contributed by atoms with Crippen LogP contribution in [0.4, 0.5) is 5.69 Å². The molecule has 0 aliphatic heterocycles. The molecule has 102 valence electrons. The van der Waals surface area contributed by atoms with Gasteiger partial charge in [0.25, 0.3) is 5.56 Å². The molecular weight excluding hydrogens is 272 g/mol. The smallest absolute Gasteiger partial charge is 0.255 e. The first-order chi connectivity index (χ1) is 9.74. The Morgan fingerprint density at radius 1 is 1.30 bits per heavy atom. The molecule has 0 amide bonds. The quantitative estimate of drug-likeness (QED) is 0.395. The predicted octanol–water partition coefficient (Wildman–Crippen LogP) is 2.27. The van der Waals surface area contributed by atoms with E-state index >= 15 is 0 Å². The Labute approximate surface area is 121 Å². The summed E-state index contributed by atoms with van der Waals surface area (Å²) in [6, 6.07) is 12.5. The molecule has 0 radical (unpaired) electrons. The van der Waals surface area contributed by atoms with E-state index in [2.05, 4.69) is 11.5 Å². The molecule has 1 aromatic carbocycles. The van der Waals surface area contributed by atoms with Crippen LogP contribution in [0.2, 0.25) is 0 Å². The van der Waals surface area contributed by atoms with Gasteiger partial charge in [0, 0.05) is 29.9 Å². The molecule has 20 heavy (non-hydrogen) atoms. The van der Waals surface area contributed by atoms with Crippen molar-refractivity contribution in [1.82, 2.24) is 8.87 Å². The Kier molecular flexibility index (Phi) is 4.69. The highest BCUT2D eigenvalue weighted by atomic mass is 32.2. The Morgan fingerprint density at radius 2 is 2.05 bits per heavy atom. The average molecular weight is 286 g/mol. The van der Waals surface area contributed by atoms with E-state index in [1.54, 1.807) is 16.8 Å². The van der Waals surface area contributed by atoms with E-state index in [0.29, 0.717) is 6.67 Å². The molecule has 5 nitrogen and oxygen atoms in total. The van der Waals surface area contributed by atoms with Crippen LogP contribution in [-0.4, -0.2) is 21.8 Å². The summed E-state index contributed by atoms with van der Waals surface area (Å²) in [5.74, 6) is 0. The van der Waals surface area contributed by atoms with Crippen LogP contribution in [0, 0.1) is 11.5 Å². The Hall–Kier alpha value is -2.39. The summed E-state index contributed by atoms with van der Waals surface area (Å²) in [6.07, 6.45) is 5.63. The maximum Gasteiger partial charge on any atom is 0.255 e. The van der Waals surface area contributed by atoms with E-state index in [1.807, 2.05) is 36.6 Å². The number of pyridine rings is 1. The molecule has 0 unspecified atom stereocenters. The summed E-state index contributed by atoms with van der Waals surface area (Å²) in [4.78, 5) is 11.7. The fourth-order valence-corrected chi connectivity index (χ4v) is 1.96. The van der Waals surface area contributed by atoms with Crippen LogP contribution in [-0.2, 0) is 0 Å². The number of nitrogens with one attached hydrogen (secondary N) is 1. The summed E-state index contributed by atoms with van der Waals surface area (Å²) in [5.41, 5.74) is 1.64. The van der Waals surface area contributed by atoms with Crippen molar-refractivity contribution in [3.63, 3.8) is 0 Å². The zero-order valence-electron chi connectivity index (χ0n) is 11.0. The van der Waals surface area contributed by atoms with E-state index in [4.69, 9.17) is 5.26 Å². The predicted molar refractivity (Wildman–Crippen MR) is 81.5 cm³/mol. The molecule has 1 aromatic heterocycles. The van der Waals surface area contributed by atoms with E-state index in [-0.39, 0.29) is 5.56 Å². The summed E-state index contributed by atoms with van der Waals surface area (Å²) in [6.45, 7) is 0.433. The Morgan fingerprint density at radius 3 is 2.65 bits per heavy atom. The summed E-state index contributed by atoms with van der Waals surface area (Å²) < 4.78 is 3.10. The minimum absolute atomic E-state index is 0.0637. The average Bonchev–Trinajstić information content (AvgIpc) is 2.49. The fourth-order valence-electron chi connectivity index (χ4n) is 1.68. The largest absolute Gasteiger partial charge is 0.366 e. The number of anilines is 1. The minimum Gasteiger partial charge on any atom is -0.366 e. The molecule has 0 aliphatic carbocycles. The second-order valence-corrected chi connectivity index (χ2v) is 4.76. The number of benzene rings is 1. The molecule has 0 aliphatic rings. The summed E-state index contributed by atoms with van der Waals surface area (Å²) in [5, 5.41) is 11.9. The molecule has 1 heterocycles. The van der Waals surface area contributed by atoms with E-state index in [9.17, 15) is 4.79 Å².